The van der Waals surface area contributed by atoms with Crippen molar-refractivity contribution < 1.29 is 14.0 Å². The molecule has 0 spiro atoms. The monoisotopic (exact) mass is 310 g/mol. The number of nitrogens with two attached hydrogens (primary N) is 1. The smallest absolute Gasteiger partial charge is 0.170 e. The summed E-state index contributed by atoms with van der Waals surface area (Å²) >= 11 is 3.51. The maximum atomic E-state index is 5.64. The van der Waals surface area contributed by atoms with E-state index in [2.05, 4.69) is 21.1 Å². The molecule has 1 aliphatic heterocycles. The zero-order valence-electron chi connectivity index (χ0n) is 9.70. The van der Waals surface area contributed by atoms with Crippen LogP contribution in [-0.2, 0) is 0 Å². The van der Waals surface area contributed by atoms with Crippen molar-refractivity contribution in [3.8, 4) is 22.8 Å². The summed E-state index contributed by atoms with van der Waals surface area (Å²) in [5, 5.41) is 3.70. The van der Waals surface area contributed by atoms with E-state index in [9.17, 15) is 0 Å². The van der Waals surface area contributed by atoms with E-state index in [1.807, 2.05) is 13.0 Å². The standard InChI is InChI=1S/C12H11BrN2O3/c1-6-11(8-5-10(14)15-18-8)7(13)4-9-12(6)17-3-2-16-9/h4-5H,2-3H2,1H3,(H2,14,15). The fourth-order valence-corrected chi connectivity index (χ4v) is 2.72. The van der Waals surface area contributed by atoms with Crippen LogP contribution in [0, 0.1) is 6.92 Å². The van der Waals surface area contributed by atoms with Crippen LogP contribution in [0.1, 0.15) is 5.56 Å². The number of hydrogen-bond acceptors (Lipinski definition) is 5. The normalized spacial score (nSPS) is 13.7. The van der Waals surface area contributed by atoms with Gasteiger partial charge in [-0.15, -0.1) is 0 Å². The maximum Gasteiger partial charge on any atom is 0.170 e. The predicted molar refractivity (Wildman–Crippen MR) is 69.8 cm³/mol. The molecule has 2 heterocycles. The van der Waals surface area contributed by atoms with Crippen molar-refractivity contribution in [2.75, 3.05) is 18.9 Å². The highest BCUT2D eigenvalue weighted by atomic mass is 79.9. The summed E-state index contributed by atoms with van der Waals surface area (Å²) in [6.45, 7) is 3.06. The summed E-state index contributed by atoms with van der Waals surface area (Å²) in [6, 6.07) is 3.55. The summed E-state index contributed by atoms with van der Waals surface area (Å²) in [5.74, 6) is 2.44. The SMILES string of the molecule is Cc1c2c(cc(Br)c1-c1cc(N)no1)OCCO2. The average molecular weight is 311 g/mol. The van der Waals surface area contributed by atoms with Gasteiger partial charge in [-0.05, 0) is 28.9 Å². The fraction of sp³-hybridized carbons (Fsp3) is 0.250. The van der Waals surface area contributed by atoms with Gasteiger partial charge in [-0.1, -0.05) is 5.16 Å². The third kappa shape index (κ3) is 1.73. The summed E-state index contributed by atoms with van der Waals surface area (Å²) in [5.41, 5.74) is 7.40. The van der Waals surface area contributed by atoms with Gasteiger partial charge in [0.25, 0.3) is 0 Å². The number of benzene rings is 1. The Bertz CT molecular complexity index is 610. The summed E-state index contributed by atoms with van der Waals surface area (Å²) in [4.78, 5) is 0. The number of ether oxygens (including phenoxy) is 2. The van der Waals surface area contributed by atoms with Gasteiger partial charge in [0.15, 0.2) is 23.1 Å². The Labute approximate surface area is 112 Å². The van der Waals surface area contributed by atoms with Crippen LogP contribution < -0.4 is 15.2 Å². The molecule has 0 radical (unpaired) electrons. The van der Waals surface area contributed by atoms with Crippen molar-refractivity contribution in [1.29, 1.82) is 0 Å². The largest absolute Gasteiger partial charge is 0.486 e. The Kier molecular flexibility index (Phi) is 2.66. The molecule has 3 rings (SSSR count). The van der Waals surface area contributed by atoms with Gasteiger partial charge in [0, 0.05) is 21.7 Å². The first-order chi connectivity index (χ1) is 8.66. The average Bonchev–Trinajstić information content (AvgIpc) is 2.76. The Balaban J connectivity index is 2.20. The maximum absolute atomic E-state index is 5.64. The molecule has 0 atom stereocenters. The van der Waals surface area contributed by atoms with Crippen molar-refractivity contribution in [3.05, 3.63) is 22.2 Å². The molecule has 0 saturated carbocycles. The molecule has 1 aromatic heterocycles. The highest BCUT2D eigenvalue weighted by Crippen LogP contribution is 2.44. The summed E-state index contributed by atoms with van der Waals surface area (Å²) < 4.78 is 17.3. The molecule has 6 heteroatoms. The van der Waals surface area contributed by atoms with Crippen molar-refractivity contribution in [3.63, 3.8) is 0 Å². The van der Waals surface area contributed by atoms with E-state index in [1.54, 1.807) is 6.07 Å². The van der Waals surface area contributed by atoms with Crippen LogP contribution >= 0.6 is 15.9 Å². The van der Waals surface area contributed by atoms with Crippen molar-refractivity contribution in [2.45, 2.75) is 6.92 Å². The summed E-state index contributed by atoms with van der Waals surface area (Å²) in [7, 11) is 0. The lowest BCUT2D eigenvalue weighted by atomic mass is 10.0. The molecule has 0 unspecified atom stereocenters. The number of hydrogen-bond donors (Lipinski definition) is 1. The molecular weight excluding hydrogens is 300 g/mol. The molecule has 2 aromatic rings. The topological polar surface area (TPSA) is 70.5 Å². The molecule has 1 aromatic carbocycles. The lowest BCUT2D eigenvalue weighted by Crippen LogP contribution is -2.16. The molecule has 18 heavy (non-hydrogen) atoms. The highest BCUT2D eigenvalue weighted by molar-refractivity contribution is 9.10. The number of halogens is 1. The molecule has 0 saturated heterocycles. The second kappa shape index (κ2) is 4.20. The fourth-order valence-electron chi connectivity index (χ4n) is 2.02. The van der Waals surface area contributed by atoms with Crippen molar-refractivity contribution in [2.24, 2.45) is 0 Å². The number of anilines is 1. The molecule has 2 N–H and O–H groups in total. The molecular formula is C12H11BrN2O3. The zero-order valence-corrected chi connectivity index (χ0v) is 11.3. The van der Waals surface area contributed by atoms with Crippen LogP contribution in [-0.4, -0.2) is 18.4 Å². The van der Waals surface area contributed by atoms with Gasteiger partial charge >= 0.3 is 0 Å². The van der Waals surface area contributed by atoms with Crippen molar-refractivity contribution >= 4 is 21.7 Å². The Morgan fingerprint density at radius 2 is 2.06 bits per heavy atom. The van der Waals surface area contributed by atoms with Crippen LogP contribution in [0.5, 0.6) is 11.5 Å². The quantitative estimate of drug-likeness (QED) is 0.877. The second-order valence-electron chi connectivity index (χ2n) is 4.00. The Morgan fingerprint density at radius 1 is 1.28 bits per heavy atom. The van der Waals surface area contributed by atoms with Gasteiger partial charge in [-0.3, -0.25) is 0 Å². The van der Waals surface area contributed by atoms with Crippen LogP contribution in [0.4, 0.5) is 5.82 Å². The lowest BCUT2D eigenvalue weighted by Gasteiger charge is -2.22. The van der Waals surface area contributed by atoms with Gasteiger partial charge in [0.1, 0.15) is 13.2 Å². The van der Waals surface area contributed by atoms with E-state index >= 15 is 0 Å². The Morgan fingerprint density at radius 3 is 2.78 bits per heavy atom. The molecule has 0 fully saturated rings. The van der Waals surface area contributed by atoms with E-state index in [0.29, 0.717) is 24.8 Å². The minimum Gasteiger partial charge on any atom is -0.486 e. The minimum atomic E-state index is 0.353. The van der Waals surface area contributed by atoms with E-state index < -0.39 is 0 Å². The first-order valence-corrected chi connectivity index (χ1v) is 6.27. The van der Waals surface area contributed by atoms with E-state index in [0.717, 1.165) is 27.1 Å². The number of rotatable bonds is 1. The van der Waals surface area contributed by atoms with Crippen LogP contribution in [0.3, 0.4) is 0 Å². The van der Waals surface area contributed by atoms with E-state index in [1.165, 1.54) is 0 Å². The van der Waals surface area contributed by atoms with Crippen LogP contribution in [0.2, 0.25) is 0 Å². The number of nitrogen functional groups attached to an aromatic ring is 1. The van der Waals surface area contributed by atoms with Crippen molar-refractivity contribution in [1.82, 2.24) is 5.16 Å². The third-order valence-corrected chi connectivity index (χ3v) is 3.42. The molecule has 94 valence electrons. The van der Waals surface area contributed by atoms with Gasteiger partial charge < -0.3 is 19.7 Å². The van der Waals surface area contributed by atoms with E-state index in [4.69, 9.17) is 19.7 Å². The van der Waals surface area contributed by atoms with Gasteiger partial charge in [-0.2, -0.15) is 0 Å². The van der Waals surface area contributed by atoms with Gasteiger partial charge in [-0.25, -0.2) is 0 Å². The van der Waals surface area contributed by atoms with Crippen LogP contribution in [0.15, 0.2) is 21.1 Å². The lowest BCUT2D eigenvalue weighted by molar-refractivity contribution is 0.170. The second-order valence-corrected chi connectivity index (χ2v) is 4.85. The minimum absolute atomic E-state index is 0.353. The van der Waals surface area contributed by atoms with Gasteiger partial charge in [0.05, 0.1) is 0 Å². The molecule has 0 amide bonds. The number of aromatic nitrogens is 1. The molecule has 0 bridgehead atoms. The first-order valence-electron chi connectivity index (χ1n) is 5.48. The molecule has 1 aliphatic rings. The van der Waals surface area contributed by atoms with Gasteiger partial charge in [0.2, 0.25) is 0 Å². The summed E-state index contributed by atoms with van der Waals surface area (Å²) in [6.07, 6.45) is 0. The first kappa shape index (κ1) is 11.4. The number of nitrogens with zero attached hydrogens (tertiary/aromatic N) is 1. The number of fused-ring (bicyclic) bond motifs is 1. The zero-order chi connectivity index (χ0) is 12.7. The highest BCUT2D eigenvalue weighted by Gasteiger charge is 2.22. The Hall–Kier alpha value is -1.69. The molecule has 0 aliphatic carbocycles. The van der Waals surface area contributed by atoms with Crippen LogP contribution in [0.25, 0.3) is 11.3 Å². The third-order valence-electron chi connectivity index (χ3n) is 2.80. The predicted octanol–water partition coefficient (Wildman–Crippen LogP) is 2.77. The van der Waals surface area contributed by atoms with E-state index in [-0.39, 0.29) is 0 Å². The molecule has 5 nitrogen and oxygen atoms in total.